The lowest BCUT2D eigenvalue weighted by molar-refractivity contribution is 0.0691. The van der Waals surface area contributed by atoms with E-state index >= 15 is 0 Å². The highest BCUT2D eigenvalue weighted by atomic mass is 28.4. The van der Waals surface area contributed by atoms with Crippen LogP contribution in [0.4, 0.5) is 0 Å². The van der Waals surface area contributed by atoms with Gasteiger partial charge in [-0.3, -0.25) is 0 Å². The Bertz CT molecular complexity index is 456. The first-order valence-electron chi connectivity index (χ1n) is 10.9. The van der Waals surface area contributed by atoms with Crippen molar-refractivity contribution in [2.75, 3.05) is 19.8 Å². The van der Waals surface area contributed by atoms with Crippen LogP contribution in [0.1, 0.15) is 84.1 Å². The maximum Gasteiger partial charge on any atom is 0.537 e. The molecule has 0 aliphatic rings. The fourth-order valence-corrected chi connectivity index (χ4v) is 5.44. The third kappa shape index (κ3) is 9.20. The van der Waals surface area contributed by atoms with E-state index in [-0.39, 0.29) is 0 Å². The molecule has 1 rings (SSSR count). The lowest BCUT2D eigenvalue weighted by Crippen LogP contribution is -2.57. The Morgan fingerprint density at radius 1 is 0.704 bits per heavy atom. The molecule has 0 unspecified atom stereocenters. The zero-order valence-electron chi connectivity index (χ0n) is 17.8. The zero-order valence-corrected chi connectivity index (χ0v) is 18.8. The van der Waals surface area contributed by atoms with Crippen LogP contribution in [0.2, 0.25) is 0 Å². The molecule has 3 nitrogen and oxygen atoms in total. The second kappa shape index (κ2) is 15.0. The Hall–Kier alpha value is -0.943. The zero-order chi connectivity index (χ0) is 19.8. The highest BCUT2D eigenvalue weighted by Gasteiger charge is 2.43. The van der Waals surface area contributed by atoms with Crippen molar-refractivity contribution >= 4 is 20.1 Å². The van der Waals surface area contributed by atoms with Crippen molar-refractivity contribution in [2.45, 2.75) is 78.6 Å². The summed E-state index contributed by atoms with van der Waals surface area (Å²) < 4.78 is 19.3. The van der Waals surface area contributed by atoms with Crippen LogP contribution < -0.4 is 5.19 Å². The molecule has 0 amide bonds. The molecule has 0 radical (unpaired) electrons. The topological polar surface area (TPSA) is 27.7 Å². The molecular formula is C23H40O3Si. The van der Waals surface area contributed by atoms with Gasteiger partial charge in [-0.15, -0.1) is 0 Å². The average Bonchev–Trinajstić information content (AvgIpc) is 2.71. The van der Waals surface area contributed by atoms with E-state index in [2.05, 4.69) is 51.6 Å². The van der Waals surface area contributed by atoms with E-state index in [4.69, 9.17) is 13.3 Å². The van der Waals surface area contributed by atoms with Crippen LogP contribution in [-0.4, -0.2) is 28.6 Å². The van der Waals surface area contributed by atoms with E-state index in [1.165, 1.54) is 38.5 Å². The van der Waals surface area contributed by atoms with E-state index in [1.807, 2.05) is 6.08 Å². The molecule has 0 saturated heterocycles. The Morgan fingerprint density at radius 3 is 1.44 bits per heavy atom. The summed E-state index contributed by atoms with van der Waals surface area (Å²) in [7, 11) is -2.89. The first-order valence-corrected chi connectivity index (χ1v) is 12.6. The minimum Gasteiger partial charge on any atom is -0.370 e. The maximum atomic E-state index is 6.42. The van der Waals surface area contributed by atoms with Crippen molar-refractivity contribution in [2.24, 2.45) is 0 Å². The number of rotatable bonds is 17. The smallest absolute Gasteiger partial charge is 0.370 e. The van der Waals surface area contributed by atoms with Crippen molar-refractivity contribution in [1.29, 1.82) is 0 Å². The Labute approximate surface area is 168 Å². The third-order valence-corrected chi connectivity index (χ3v) is 7.41. The van der Waals surface area contributed by atoms with Gasteiger partial charge in [0.25, 0.3) is 0 Å². The fourth-order valence-electron chi connectivity index (χ4n) is 2.87. The van der Waals surface area contributed by atoms with Gasteiger partial charge in [-0.1, -0.05) is 96.2 Å². The Kier molecular flexibility index (Phi) is 13.4. The minimum atomic E-state index is -2.89. The lowest BCUT2D eigenvalue weighted by atomic mass is 10.2. The van der Waals surface area contributed by atoms with E-state index < -0.39 is 8.80 Å². The summed E-state index contributed by atoms with van der Waals surface area (Å²) in [6.45, 7) is 12.6. The molecule has 27 heavy (non-hydrogen) atoms. The summed E-state index contributed by atoms with van der Waals surface area (Å²) >= 11 is 0. The van der Waals surface area contributed by atoms with Gasteiger partial charge < -0.3 is 13.3 Å². The first kappa shape index (κ1) is 24.1. The van der Waals surface area contributed by atoms with Gasteiger partial charge in [0.2, 0.25) is 0 Å². The summed E-state index contributed by atoms with van der Waals surface area (Å²) in [5.41, 5.74) is 1.10. The van der Waals surface area contributed by atoms with Crippen LogP contribution >= 0.6 is 0 Å². The fraction of sp³-hybridized carbons (Fsp3) is 0.652. The standard InChI is InChI=1S/C23H40O3Si/c1-5-9-12-19-24-27(25-20-13-10-6-2,26-21-14-11-7-3)23-17-15-22(8-4)16-18-23/h8,15-18H,4-7,9-14,19-21H2,1-3H3. The average molecular weight is 393 g/mol. The molecule has 0 bridgehead atoms. The largest absolute Gasteiger partial charge is 0.537 e. The Balaban J connectivity index is 2.95. The summed E-state index contributed by atoms with van der Waals surface area (Å²) in [5.74, 6) is 0. The second-order valence-electron chi connectivity index (χ2n) is 7.05. The van der Waals surface area contributed by atoms with Crippen LogP contribution in [0.25, 0.3) is 6.08 Å². The van der Waals surface area contributed by atoms with Crippen LogP contribution in [0.3, 0.4) is 0 Å². The summed E-state index contributed by atoms with van der Waals surface area (Å²) in [6.07, 6.45) is 12.1. The van der Waals surface area contributed by atoms with Gasteiger partial charge in [-0.2, -0.15) is 0 Å². The van der Waals surface area contributed by atoms with Gasteiger partial charge in [0, 0.05) is 25.0 Å². The van der Waals surface area contributed by atoms with Gasteiger partial charge in [0.15, 0.2) is 0 Å². The molecule has 0 N–H and O–H groups in total. The van der Waals surface area contributed by atoms with Crippen molar-refractivity contribution in [3.05, 3.63) is 36.4 Å². The number of benzene rings is 1. The monoisotopic (exact) mass is 392 g/mol. The second-order valence-corrected chi connectivity index (χ2v) is 9.60. The summed E-state index contributed by atoms with van der Waals surface area (Å²) in [5, 5.41) is 1.07. The highest BCUT2D eigenvalue weighted by molar-refractivity contribution is 6.75. The first-order chi connectivity index (χ1) is 13.2. The summed E-state index contributed by atoms with van der Waals surface area (Å²) in [6, 6.07) is 8.35. The van der Waals surface area contributed by atoms with E-state index in [1.54, 1.807) is 0 Å². The van der Waals surface area contributed by atoms with Crippen LogP contribution in [0, 0.1) is 0 Å². The molecule has 0 spiro atoms. The highest BCUT2D eigenvalue weighted by Crippen LogP contribution is 2.16. The molecule has 1 aromatic rings. The predicted octanol–water partition coefficient (Wildman–Crippen LogP) is 6.10. The number of hydrogen-bond acceptors (Lipinski definition) is 3. The van der Waals surface area contributed by atoms with Gasteiger partial charge in [0.1, 0.15) is 0 Å². The van der Waals surface area contributed by atoms with Gasteiger partial charge in [-0.05, 0) is 24.8 Å². The van der Waals surface area contributed by atoms with Crippen molar-refractivity contribution < 1.29 is 13.3 Å². The molecule has 0 saturated carbocycles. The van der Waals surface area contributed by atoms with Gasteiger partial charge >= 0.3 is 8.80 Å². The molecule has 154 valence electrons. The van der Waals surface area contributed by atoms with Gasteiger partial charge in [-0.25, -0.2) is 0 Å². The summed E-state index contributed by atoms with van der Waals surface area (Å²) in [4.78, 5) is 0. The molecular weight excluding hydrogens is 352 g/mol. The molecule has 4 heteroatoms. The predicted molar refractivity (Wildman–Crippen MR) is 118 cm³/mol. The lowest BCUT2D eigenvalue weighted by Gasteiger charge is -2.30. The maximum absolute atomic E-state index is 6.42. The SMILES string of the molecule is C=Cc1ccc([Si](OCCCCC)(OCCCCC)OCCCCC)cc1. The van der Waals surface area contributed by atoms with Crippen LogP contribution in [-0.2, 0) is 13.3 Å². The quantitative estimate of drug-likeness (QED) is 0.237. The number of unbranched alkanes of at least 4 members (excludes halogenated alkanes) is 6. The number of hydrogen-bond donors (Lipinski definition) is 0. The van der Waals surface area contributed by atoms with Crippen molar-refractivity contribution in [3.8, 4) is 0 Å². The molecule has 0 atom stereocenters. The van der Waals surface area contributed by atoms with E-state index in [0.29, 0.717) is 19.8 Å². The molecule has 0 fully saturated rings. The molecule has 0 heterocycles. The molecule has 0 aliphatic heterocycles. The van der Waals surface area contributed by atoms with Crippen molar-refractivity contribution in [1.82, 2.24) is 0 Å². The van der Waals surface area contributed by atoms with Crippen LogP contribution in [0.5, 0.6) is 0 Å². The van der Waals surface area contributed by atoms with Crippen LogP contribution in [0.15, 0.2) is 30.8 Å². The normalized spacial score (nSPS) is 11.7. The van der Waals surface area contributed by atoms with Gasteiger partial charge in [0.05, 0.1) is 0 Å². The molecule has 0 aliphatic carbocycles. The third-order valence-electron chi connectivity index (χ3n) is 4.62. The van der Waals surface area contributed by atoms with E-state index in [0.717, 1.165) is 30.0 Å². The molecule has 1 aromatic carbocycles. The van der Waals surface area contributed by atoms with Crippen molar-refractivity contribution in [3.63, 3.8) is 0 Å². The minimum absolute atomic E-state index is 0.699. The van der Waals surface area contributed by atoms with E-state index in [9.17, 15) is 0 Å². The Morgan fingerprint density at radius 2 is 1.11 bits per heavy atom. The molecule has 0 aromatic heterocycles.